The van der Waals surface area contributed by atoms with Gasteiger partial charge in [-0.3, -0.25) is 14.5 Å². The quantitative estimate of drug-likeness (QED) is 0.671. The van der Waals surface area contributed by atoms with Gasteiger partial charge in [0.1, 0.15) is 11.6 Å². The Labute approximate surface area is 171 Å². The number of benzene rings is 2. The summed E-state index contributed by atoms with van der Waals surface area (Å²) in [4.78, 5) is 28.9. The highest BCUT2D eigenvalue weighted by Gasteiger charge is 2.24. The summed E-state index contributed by atoms with van der Waals surface area (Å²) in [5.74, 6) is 0.693. The van der Waals surface area contributed by atoms with Crippen LogP contribution in [0.3, 0.4) is 0 Å². The normalized spacial score (nSPS) is 15.8. The van der Waals surface area contributed by atoms with Gasteiger partial charge in [0.05, 0.1) is 13.7 Å². The van der Waals surface area contributed by atoms with Crippen molar-refractivity contribution >= 4 is 11.7 Å². The van der Waals surface area contributed by atoms with Crippen molar-refractivity contribution in [2.45, 2.75) is 19.3 Å². The molecule has 1 atom stereocenters. The van der Waals surface area contributed by atoms with E-state index in [2.05, 4.69) is 6.92 Å². The molecule has 1 unspecified atom stereocenters. The molecule has 0 aromatic heterocycles. The number of carbonyl (C=O) groups excluding carboxylic acids is 2. The summed E-state index contributed by atoms with van der Waals surface area (Å²) in [6.07, 6.45) is 0.459. The van der Waals surface area contributed by atoms with Crippen LogP contribution >= 0.6 is 0 Å². The van der Waals surface area contributed by atoms with E-state index in [4.69, 9.17) is 4.74 Å². The predicted octanol–water partition coefficient (Wildman–Crippen LogP) is 3.36. The van der Waals surface area contributed by atoms with Crippen molar-refractivity contribution in [3.8, 4) is 5.75 Å². The molecule has 6 heteroatoms. The van der Waals surface area contributed by atoms with Crippen molar-refractivity contribution in [3.05, 3.63) is 65.5 Å². The average molecular weight is 398 g/mol. The van der Waals surface area contributed by atoms with Crippen molar-refractivity contribution in [1.82, 2.24) is 9.80 Å². The molecule has 2 aromatic carbocycles. The molecule has 1 fully saturated rings. The number of hydrogen-bond donors (Lipinski definition) is 0. The largest absolute Gasteiger partial charge is 0.497 e. The smallest absolute Gasteiger partial charge is 0.223 e. The van der Waals surface area contributed by atoms with Crippen molar-refractivity contribution in [1.29, 1.82) is 0 Å². The fraction of sp³-hybridized carbons (Fsp3) is 0.391. The summed E-state index contributed by atoms with van der Waals surface area (Å²) in [6, 6.07) is 13.4. The molecule has 0 bridgehead atoms. The lowest BCUT2D eigenvalue weighted by Gasteiger charge is -2.35. The maximum atomic E-state index is 13.0. The Morgan fingerprint density at radius 1 is 1.00 bits per heavy atom. The number of rotatable bonds is 7. The Morgan fingerprint density at radius 3 is 2.21 bits per heavy atom. The SMILES string of the molecule is COc1ccc(C(C)CC(=O)N2CCN(CC(=O)c3ccc(F)cc3)CC2)cc1. The summed E-state index contributed by atoms with van der Waals surface area (Å²) in [7, 11) is 1.63. The van der Waals surface area contributed by atoms with Gasteiger partial charge in [0.25, 0.3) is 0 Å². The van der Waals surface area contributed by atoms with Gasteiger partial charge < -0.3 is 9.64 Å². The number of ether oxygens (including phenoxy) is 1. The molecule has 0 aliphatic carbocycles. The van der Waals surface area contributed by atoms with Crippen LogP contribution in [0.15, 0.2) is 48.5 Å². The van der Waals surface area contributed by atoms with E-state index in [0.717, 1.165) is 11.3 Å². The number of carbonyl (C=O) groups is 2. The van der Waals surface area contributed by atoms with E-state index < -0.39 is 0 Å². The first-order valence-electron chi connectivity index (χ1n) is 9.89. The van der Waals surface area contributed by atoms with Crippen LogP contribution < -0.4 is 4.74 Å². The van der Waals surface area contributed by atoms with Gasteiger partial charge >= 0.3 is 0 Å². The van der Waals surface area contributed by atoms with Gasteiger partial charge in [-0.1, -0.05) is 19.1 Å². The van der Waals surface area contributed by atoms with Gasteiger partial charge in [-0.15, -0.1) is 0 Å². The standard InChI is InChI=1S/C23H27FN2O3/c1-17(18-5-9-21(29-2)10-6-18)15-23(28)26-13-11-25(12-14-26)16-22(27)19-3-7-20(24)8-4-19/h3-10,17H,11-16H2,1-2H3. The molecule has 1 aliphatic rings. The Morgan fingerprint density at radius 2 is 1.62 bits per heavy atom. The molecule has 1 saturated heterocycles. The topological polar surface area (TPSA) is 49.9 Å². The molecule has 0 saturated carbocycles. The van der Waals surface area contributed by atoms with Crippen LogP contribution in [0.2, 0.25) is 0 Å². The van der Waals surface area contributed by atoms with Gasteiger partial charge in [-0.2, -0.15) is 0 Å². The zero-order valence-corrected chi connectivity index (χ0v) is 16.9. The van der Waals surface area contributed by atoms with Crippen molar-refractivity contribution < 1.29 is 18.7 Å². The molecule has 154 valence electrons. The third-order valence-electron chi connectivity index (χ3n) is 5.42. The number of piperazine rings is 1. The molecule has 1 aliphatic heterocycles. The second kappa shape index (κ2) is 9.65. The zero-order valence-electron chi connectivity index (χ0n) is 16.9. The number of halogens is 1. The lowest BCUT2D eigenvalue weighted by Crippen LogP contribution is -2.50. The first-order valence-corrected chi connectivity index (χ1v) is 9.89. The molecule has 0 radical (unpaired) electrons. The van der Waals surface area contributed by atoms with Gasteiger partial charge in [0.2, 0.25) is 5.91 Å². The third-order valence-corrected chi connectivity index (χ3v) is 5.42. The van der Waals surface area contributed by atoms with Crippen molar-refractivity contribution in [3.63, 3.8) is 0 Å². The van der Waals surface area contributed by atoms with E-state index in [9.17, 15) is 14.0 Å². The van der Waals surface area contributed by atoms with Crippen molar-refractivity contribution in [2.75, 3.05) is 39.8 Å². The van der Waals surface area contributed by atoms with Gasteiger partial charge in [-0.05, 0) is 47.9 Å². The van der Waals surface area contributed by atoms with Crippen LogP contribution in [0.25, 0.3) is 0 Å². The van der Waals surface area contributed by atoms with Crippen LogP contribution in [0.1, 0.15) is 35.2 Å². The lowest BCUT2D eigenvalue weighted by molar-refractivity contribution is -0.133. The maximum Gasteiger partial charge on any atom is 0.223 e. The molecule has 0 spiro atoms. The summed E-state index contributed by atoms with van der Waals surface area (Å²) in [5, 5.41) is 0. The van der Waals surface area contributed by atoms with Crippen LogP contribution in [-0.2, 0) is 4.79 Å². The number of Topliss-reactive ketones (excluding diaryl/α,β-unsaturated/α-hetero) is 1. The first kappa shape index (κ1) is 21.0. The van der Waals surface area contributed by atoms with E-state index in [0.29, 0.717) is 38.2 Å². The van der Waals surface area contributed by atoms with E-state index in [1.165, 1.54) is 24.3 Å². The number of methoxy groups -OCH3 is 1. The Bertz CT molecular complexity index is 828. The zero-order chi connectivity index (χ0) is 20.8. The molecule has 2 aromatic rings. The maximum absolute atomic E-state index is 13.0. The van der Waals surface area contributed by atoms with E-state index in [-0.39, 0.29) is 30.0 Å². The minimum absolute atomic E-state index is 0.0297. The van der Waals surface area contributed by atoms with Crippen LogP contribution in [0.4, 0.5) is 4.39 Å². The van der Waals surface area contributed by atoms with Gasteiger partial charge in [0, 0.05) is 38.2 Å². The summed E-state index contributed by atoms with van der Waals surface area (Å²) in [6.45, 7) is 4.90. The van der Waals surface area contributed by atoms with E-state index >= 15 is 0 Å². The van der Waals surface area contributed by atoms with Crippen LogP contribution in [0.5, 0.6) is 5.75 Å². The number of nitrogens with zero attached hydrogens (tertiary/aromatic N) is 2. The Balaban J connectivity index is 1.46. The predicted molar refractivity (Wildman–Crippen MR) is 110 cm³/mol. The monoisotopic (exact) mass is 398 g/mol. The van der Waals surface area contributed by atoms with Gasteiger partial charge in [0.15, 0.2) is 5.78 Å². The number of hydrogen-bond acceptors (Lipinski definition) is 4. The van der Waals surface area contributed by atoms with Crippen LogP contribution in [0, 0.1) is 5.82 Å². The molecule has 0 N–H and O–H groups in total. The molecule has 1 heterocycles. The highest BCUT2D eigenvalue weighted by atomic mass is 19.1. The summed E-state index contributed by atoms with van der Waals surface area (Å²) >= 11 is 0. The Hall–Kier alpha value is -2.73. The summed E-state index contributed by atoms with van der Waals surface area (Å²) in [5.41, 5.74) is 1.63. The minimum Gasteiger partial charge on any atom is -0.497 e. The second-order valence-electron chi connectivity index (χ2n) is 7.47. The molecule has 5 nitrogen and oxygen atoms in total. The number of amides is 1. The molecule has 3 rings (SSSR count). The molecule has 1 amide bonds. The number of ketones is 1. The van der Waals surface area contributed by atoms with Crippen molar-refractivity contribution in [2.24, 2.45) is 0 Å². The first-order chi connectivity index (χ1) is 14.0. The minimum atomic E-state index is -0.349. The molecular formula is C23H27FN2O3. The average Bonchev–Trinajstić information content (AvgIpc) is 2.74. The fourth-order valence-corrected chi connectivity index (χ4v) is 3.53. The highest BCUT2D eigenvalue weighted by Crippen LogP contribution is 2.23. The van der Waals surface area contributed by atoms with E-state index in [1.54, 1.807) is 7.11 Å². The highest BCUT2D eigenvalue weighted by molar-refractivity contribution is 5.97. The summed E-state index contributed by atoms with van der Waals surface area (Å²) < 4.78 is 18.2. The van der Waals surface area contributed by atoms with E-state index in [1.807, 2.05) is 34.1 Å². The second-order valence-corrected chi connectivity index (χ2v) is 7.47. The molecular weight excluding hydrogens is 371 g/mol. The fourth-order valence-electron chi connectivity index (χ4n) is 3.53. The third kappa shape index (κ3) is 5.64. The van der Waals surface area contributed by atoms with Crippen LogP contribution in [-0.4, -0.2) is 61.3 Å². The van der Waals surface area contributed by atoms with Gasteiger partial charge in [-0.25, -0.2) is 4.39 Å². The Kier molecular flexibility index (Phi) is 6.99. The lowest BCUT2D eigenvalue weighted by atomic mass is 9.97. The molecule has 29 heavy (non-hydrogen) atoms.